The van der Waals surface area contributed by atoms with Crippen LogP contribution in [0.1, 0.15) is 6.42 Å². The highest BCUT2D eigenvalue weighted by Crippen LogP contribution is 2.18. The van der Waals surface area contributed by atoms with Crippen molar-refractivity contribution in [2.75, 3.05) is 32.8 Å². The molecule has 2 aromatic rings. The van der Waals surface area contributed by atoms with Crippen molar-refractivity contribution >= 4 is 15.9 Å². The van der Waals surface area contributed by atoms with Gasteiger partial charge in [-0.05, 0) is 24.3 Å². The Morgan fingerprint density at radius 2 is 1.59 bits per heavy atom. The summed E-state index contributed by atoms with van der Waals surface area (Å²) >= 11 is 0. The number of piperazine rings is 1. The number of ether oxygens (including phenoxy) is 1. The van der Waals surface area contributed by atoms with Gasteiger partial charge in [-0.1, -0.05) is 30.3 Å². The molecule has 0 radical (unpaired) electrons. The van der Waals surface area contributed by atoms with Crippen LogP contribution in [0.3, 0.4) is 0 Å². The Balaban J connectivity index is 1.49. The molecule has 6 nitrogen and oxygen atoms in total. The summed E-state index contributed by atoms with van der Waals surface area (Å²) in [6.07, 6.45) is 0.111. The normalized spacial score (nSPS) is 15.5. The quantitative estimate of drug-likeness (QED) is 0.755. The number of benzene rings is 2. The Bertz CT molecular complexity index is 882. The van der Waals surface area contributed by atoms with Crippen molar-refractivity contribution in [3.8, 4) is 5.75 Å². The van der Waals surface area contributed by atoms with Crippen LogP contribution in [0.15, 0.2) is 59.5 Å². The van der Waals surface area contributed by atoms with E-state index in [1.807, 2.05) is 0 Å². The molecule has 1 amide bonds. The second-order valence-corrected chi connectivity index (χ2v) is 8.06. The molecule has 1 aliphatic heterocycles. The minimum absolute atomic E-state index is 0.0717. The van der Waals surface area contributed by atoms with Gasteiger partial charge in [0, 0.05) is 26.2 Å². The lowest BCUT2D eigenvalue weighted by Gasteiger charge is -2.34. The lowest BCUT2D eigenvalue weighted by Crippen LogP contribution is -2.50. The van der Waals surface area contributed by atoms with Gasteiger partial charge in [-0.25, -0.2) is 12.8 Å². The van der Waals surface area contributed by atoms with Gasteiger partial charge >= 0.3 is 0 Å². The van der Waals surface area contributed by atoms with Crippen LogP contribution in [-0.4, -0.2) is 56.3 Å². The Kier molecular flexibility index (Phi) is 6.08. The van der Waals surface area contributed by atoms with Gasteiger partial charge in [0.15, 0.2) is 11.6 Å². The summed E-state index contributed by atoms with van der Waals surface area (Å²) in [7, 11) is -3.54. The molecule has 3 rings (SSSR count). The van der Waals surface area contributed by atoms with Crippen LogP contribution in [0, 0.1) is 5.82 Å². The van der Waals surface area contributed by atoms with E-state index in [1.54, 1.807) is 47.4 Å². The minimum Gasteiger partial charge on any atom is -0.490 e. The number of para-hydroxylation sites is 1. The Labute approximate surface area is 158 Å². The monoisotopic (exact) mass is 392 g/mol. The van der Waals surface area contributed by atoms with Crippen molar-refractivity contribution in [3.63, 3.8) is 0 Å². The van der Waals surface area contributed by atoms with E-state index in [9.17, 15) is 17.6 Å². The van der Waals surface area contributed by atoms with Crippen molar-refractivity contribution in [3.05, 3.63) is 60.4 Å². The zero-order valence-corrected chi connectivity index (χ0v) is 15.6. The van der Waals surface area contributed by atoms with Gasteiger partial charge in [-0.3, -0.25) is 4.79 Å². The van der Waals surface area contributed by atoms with E-state index < -0.39 is 15.8 Å². The highest BCUT2D eigenvalue weighted by atomic mass is 32.2. The first-order valence-electron chi connectivity index (χ1n) is 8.69. The maximum Gasteiger partial charge on any atom is 0.243 e. The van der Waals surface area contributed by atoms with Crippen LogP contribution in [0.25, 0.3) is 0 Å². The van der Waals surface area contributed by atoms with E-state index in [2.05, 4.69) is 0 Å². The average Bonchev–Trinajstić information content (AvgIpc) is 2.70. The molecule has 1 heterocycles. The molecule has 1 saturated heterocycles. The Morgan fingerprint density at radius 1 is 0.963 bits per heavy atom. The maximum atomic E-state index is 13.5. The van der Waals surface area contributed by atoms with Crippen molar-refractivity contribution in [2.45, 2.75) is 11.3 Å². The van der Waals surface area contributed by atoms with E-state index in [0.29, 0.717) is 13.1 Å². The number of halogens is 1. The summed E-state index contributed by atoms with van der Waals surface area (Å²) in [6, 6.07) is 14.3. The van der Waals surface area contributed by atoms with Crippen LogP contribution in [-0.2, 0) is 14.8 Å². The van der Waals surface area contributed by atoms with Crippen LogP contribution in [0.5, 0.6) is 5.75 Å². The van der Waals surface area contributed by atoms with Crippen LogP contribution >= 0.6 is 0 Å². The molecule has 0 aliphatic carbocycles. The second-order valence-electron chi connectivity index (χ2n) is 6.13. The number of sulfonamides is 1. The van der Waals surface area contributed by atoms with E-state index in [4.69, 9.17) is 4.74 Å². The van der Waals surface area contributed by atoms with Crippen molar-refractivity contribution < 1.29 is 22.3 Å². The first-order valence-corrected chi connectivity index (χ1v) is 10.1. The number of nitrogens with zero attached hydrogens (tertiary/aromatic N) is 2. The molecule has 0 spiro atoms. The third-order valence-corrected chi connectivity index (χ3v) is 6.30. The fourth-order valence-electron chi connectivity index (χ4n) is 2.89. The molecule has 2 aromatic carbocycles. The van der Waals surface area contributed by atoms with Crippen LogP contribution in [0.4, 0.5) is 4.39 Å². The summed E-state index contributed by atoms with van der Waals surface area (Å²) in [5.74, 6) is -0.489. The first-order chi connectivity index (χ1) is 13.0. The molecular weight excluding hydrogens is 371 g/mol. The number of amides is 1. The second kappa shape index (κ2) is 8.49. The van der Waals surface area contributed by atoms with E-state index in [1.165, 1.54) is 16.4 Å². The SMILES string of the molecule is O=C(CCOc1ccccc1F)N1CCN(S(=O)(=O)c2ccccc2)CC1. The fraction of sp³-hybridized carbons (Fsp3) is 0.316. The molecule has 0 unspecified atom stereocenters. The standard InChI is InChI=1S/C19H21FN2O4S/c20-17-8-4-5-9-18(17)26-15-10-19(23)21-11-13-22(14-12-21)27(24,25)16-6-2-1-3-7-16/h1-9H,10-15H2. The summed E-state index contributed by atoms with van der Waals surface area (Å²) in [5, 5.41) is 0. The lowest BCUT2D eigenvalue weighted by atomic mass is 10.3. The number of hydrogen-bond donors (Lipinski definition) is 0. The highest BCUT2D eigenvalue weighted by molar-refractivity contribution is 7.89. The topological polar surface area (TPSA) is 66.9 Å². The summed E-state index contributed by atoms with van der Waals surface area (Å²) in [5.41, 5.74) is 0. The maximum absolute atomic E-state index is 13.5. The number of carbonyl (C=O) groups excluding carboxylic acids is 1. The molecule has 144 valence electrons. The number of carbonyl (C=O) groups is 1. The van der Waals surface area contributed by atoms with E-state index >= 15 is 0 Å². The summed E-state index contributed by atoms with van der Waals surface area (Å²) in [4.78, 5) is 14.1. The molecule has 0 saturated carbocycles. The third-order valence-electron chi connectivity index (χ3n) is 4.38. The lowest BCUT2D eigenvalue weighted by molar-refractivity contribution is -0.132. The zero-order valence-electron chi connectivity index (χ0n) is 14.8. The molecule has 0 N–H and O–H groups in total. The molecule has 8 heteroatoms. The van der Waals surface area contributed by atoms with Crippen LogP contribution in [0.2, 0.25) is 0 Å². The fourth-order valence-corrected chi connectivity index (χ4v) is 4.33. The first kappa shape index (κ1) is 19.3. The van der Waals surface area contributed by atoms with Gasteiger partial charge in [0.2, 0.25) is 15.9 Å². The summed E-state index contributed by atoms with van der Waals surface area (Å²) < 4.78 is 45.4. The predicted octanol–water partition coefficient (Wildman–Crippen LogP) is 2.13. The third kappa shape index (κ3) is 4.64. The molecule has 1 fully saturated rings. The predicted molar refractivity (Wildman–Crippen MR) is 98.3 cm³/mol. The largest absolute Gasteiger partial charge is 0.490 e. The zero-order chi connectivity index (χ0) is 19.3. The van der Waals surface area contributed by atoms with Crippen molar-refractivity contribution in [2.24, 2.45) is 0 Å². The van der Waals surface area contributed by atoms with Gasteiger partial charge in [0.05, 0.1) is 17.9 Å². The van der Waals surface area contributed by atoms with Crippen molar-refractivity contribution in [1.29, 1.82) is 0 Å². The number of rotatable bonds is 6. The van der Waals surface area contributed by atoms with Gasteiger partial charge in [-0.2, -0.15) is 4.31 Å². The van der Waals surface area contributed by atoms with Gasteiger partial charge in [-0.15, -0.1) is 0 Å². The molecule has 0 bridgehead atoms. The molecular formula is C19H21FN2O4S. The summed E-state index contributed by atoms with van der Waals surface area (Å²) in [6.45, 7) is 1.21. The van der Waals surface area contributed by atoms with Crippen LogP contribution < -0.4 is 4.74 Å². The molecule has 1 aliphatic rings. The van der Waals surface area contributed by atoms with Gasteiger partial charge in [0.25, 0.3) is 0 Å². The van der Waals surface area contributed by atoms with Crippen molar-refractivity contribution in [1.82, 2.24) is 9.21 Å². The number of hydrogen-bond acceptors (Lipinski definition) is 4. The Morgan fingerprint density at radius 3 is 2.26 bits per heavy atom. The minimum atomic E-state index is -3.54. The smallest absolute Gasteiger partial charge is 0.243 e. The van der Waals surface area contributed by atoms with Gasteiger partial charge < -0.3 is 9.64 Å². The molecule has 0 atom stereocenters. The highest BCUT2D eigenvalue weighted by Gasteiger charge is 2.29. The van der Waals surface area contributed by atoms with E-state index in [-0.39, 0.29) is 42.7 Å². The van der Waals surface area contributed by atoms with Gasteiger partial charge in [0.1, 0.15) is 0 Å². The Hall–Kier alpha value is -2.45. The van der Waals surface area contributed by atoms with E-state index in [0.717, 1.165) is 0 Å². The molecule has 0 aromatic heterocycles. The average molecular weight is 392 g/mol. The molecule has 27 heavy (non-hydrogen) atoms.